The van der Waals surface area contributed by atoms with Gasteiger partial charge in [-0.25, -0.2) is 29.0 Å². The van der Waals surface area contributed by atoms with Gasteiger partial charge in [0, 0.05) is 30.7 Å². The summed E-state index contributed by atoms with van der Waals surface area (Å²) in [5.41, 5.74) is 2.91. The number of aromatic nitrogens is 4. The van der Waals surface area contributed by atoms with Gasteiger partial charge in [-0.05, 0) is 31.0 Å². The van der Waals surface area contributed by atoms with E-state index in [9.17, 15) is 17.6 Å². The van der Waals surface area contributed by atoms with Crippen LogP contribution in [0.3, 0.4) is 0 Å². The minimum Gasteiger partial charge on any atom is -0.322 e. The smallest absolute Gasteiger partial charge is 0.254 e. The highest BCUT2D eigenvalue weighted by atomic mass is 32.2. The Labute approximate surface area is 176 Å². The molecule has 1 aliphatic heterocycles. The van der Waals surface area contributed by atoms with Crippen molar-refractivity contribution in [2.24, 2.45) is 10.2 Å². The molecule has 0 saturated carbocycles. The van der Waals surface area contributed by atoms with E-state index in [-0.39, 0.29) is 22.4 Å². The third-order valence-corrected chi connectivity index (χ3v) is 5.61. The van der Waals surface area contributed by atoms with Crippen molar-refractivity contribution < 1.29 is 17.6 Å². The molecule has 0 unspecified atom stereocenters. The van der Waals surface area contributed by atoms with Crippen molar-refractivity contribution in [1.82, 2.24) is 24.9 Å². The Hall–Kier alpha value is -3.45. The molecule has 11 nitrogen and oxygen atoms in total. The van der Waals surface area contributed by atoms with Gasteiger partial charge in [0.15, 0.2) is 0 Å². The second-order valence-corrected chi connectivity index (χ2v) is 8.51. The van der Waals surface area contributed by atoms with Gasteiger partial charge in [-0.15, -0.1) is 5.10 Å². The van der Waals surface area contributed by atoms with Gasteiger partial charge in [-0.1, -0.05) is 6.42 Å². The van der Waals surface area contributed by atoms with E-state index in [4.69, 9.17) is 5.14 Å². The normalized spacial score (nSPS) is 17.2. The van der Waals surface area contributed by atoms with Crippen molar-refractivity contribution in [2.45, 2.75) is 37.1 Å². The highest BCUT2D eigenvalue weighted by molar-refractivity contribution is 7.89. The SMILES string of the molecule is NS(=O)(=O)c1ccc(Nc2ncc3cc4n(c3n2)CCCCCC(=O)N/N=C\4F)nc1. The molecule has 162 valence electrons. The summed E-state index contributed by atoms with van der Waals surface area (Å²) >= 11 is 0. The minimum absolute atomic E-state index is 0.118. The lowest BCUT2D eigenvalue weighted by atomic mass is 10.2. The Morgan fingerprint density at radius 2 is 2.00 bits per heavy atom. The molecule has 31 heavy (non-hydrogen) atoms. The molecule has 3 aromatic heterocycles. The van der Waals surface area contributed by atoms with E-state index < -0.39 is 16.0 Å². The maximum absolute atomic E-state index is 14.6. The van der Waals surface area contributed by atoms with Gasteiger partial charge in [0.1, 0.15) is 22.1 Å². The van der Waals surface area contributed by atoms with Crippen molar-refractivity contribution in [2.75, 3.05) is 5.32 Å². The van der Waals surface area contributed by atoms with Crippen molar-refractivity contribution >= 4 is 44.7 Å². The number of hydrogen-bond acceptors (Lipinski definition) is 8. The molecule has 0 aliphatic carbocycles. The summed E-state index contributed by atoms with van der Waals surface area (Å²) in [7, 11) is -3.85. The summed E-state index contributed by atoms with van der Waals surface area (Å²) in [5, 5.41) is 12.1. The van der Waals surface area contributed by atoms with Gasteiger partial charge in [-0.2, -0.15) is 9.37 Å². The second-order valence-electron chi connectivity index (χ2n) is 6.95. The molecule has 0 saturated heterocycles. The van der Waals surface area contributed by atoms with E-state index in [0.29, 0.717) is 36.2 Å². The van der Waals surface area contributed by atoms with Crippen LogP contribution in [0.1, 0.15) is 31.4 Å². The van der Waals surface area contributed by atoms with Gasteiger partial charge in [0.2, 0.25) is 21.9 Å². The zero-order chi connectivity index (χ0) is 22.0. The molecule has 13 heteroatoms. The zero-order valence-corrected chi connectivity index (χ0v) is 17.1. The molecule has 1 aliphatic rings. The maximum Gasteiger partial charge on any atom is 0.254 e. The summed E-state index contributed by atoms with van der Waals surface area (Å²) in [6.45, 7) is 0.494. The monoisotopic (exact) mass is 446 g/mol. The average molecular weight is 446 g/mol. The quantitative estimate of drug-likeness (QED) is 0.550. The number of nitrogens with zero attached hydrogens (tertiary/aromatic N) is 5. The lowest BCUT2D eigenvalue weighted by Gasteiger charge is -2.09. The number of pyridine rings is 1. The number of anilines is 2. The summed E-state index contributed by atoms with van der Waals surface area (Å²) in [4.78, 5) is 24.2. The molecule has 0 atom stereocenters. The molecule has 4 rings (SSSR count). The first-order chi connectivity index (χ1) is 14.8. The lowest BCUT2D eigenvalue weighted by molar-refractivity contribution is -0.121. The molecule has 0 radical (unpaired) electrons. The van der Waals surface area contributed by atoms with Crippen molar-refractivity contribution in [3.05, 3.63) is 36.3 Å². The van der Waals surface area contributed by atoms with Crippen LogP contribution in [0.25, 0.3) is 11.0 Å². The largest absolute Gasteiger partial charge is 0.322 e. The van der Waals surface area contributed by atoms with E-state index in [1.165, 1.54) is 18.3 Å². The topological polar surface area (TPSA) is 157 Å². The highest BCUT2D eigenvalue weighted by Gasteiger charge is 2.18. The van der Waals surface area contributed by atoms with Gasteiger partial charge in [-0.3, -0.25) is 4.79 Å². The molecule has 0 spiro atoms. The van der Waals surface area contributed by atoms with E-state index >= 15 is 0 Å². The highest BCUT2D eigenvalue weighted by Crippen LogP contribution is 2.23. The fourth-order valence-corrected chi connectivity index (χ4v) is 3.65. The zero-order valence-electron chi connectivity index (χ0n) is 16.2. The third kappa shape index (κ3) is 4.67. The van der Waals surface area contributed by atoms with Crippen LogP contribution in [0.15, 0.2) is 40.6 Å². The van der Waals surface area contributed by atoms with Crippen LogP contribution in [-0.2, 0) is 21.4 Å². The number of nitrogens with one attached hydrogen (secondary N) is 2. The standard InChI is InChI=1S/C18H19FN8O3S/c19-16-13-8-11-9-22-18(23-14-6-5-12(10-21-14)31(20,29)30)24-17(11)27(13)7-3-1-2-4-15(28)25-26-16/h5-6,8-10H,1-4,7H2,(H,25,28)(H2,20,29,30)(H,21,22,23,24)/b26-16+. The molecule has 0 bridgehead atoms. The number of nitrogens with two attached hydrogens (primary N) is 1. The number of fused-ring (bicyclic) bond motifs is 3. The van der Waals surface area contributed by atoms with Gasteiger partial charge in [0.05, 0.1) is 0 Å². The first-order valence-corrected chi connectivity index (χ1v) is 11.0. The molecule has 0 fully saturated rings. The molecule has 4 heterocycles. The molecule has 4 N–H and O–H groups in total. The van der Waals surface area contributed by atoms with Gasteiger partial charge >= 0.3 is 0 Å². The Bertz CT molecular complexity index is 1270. The van der Waals surface area contributed by atoms with E-state index in [1.54, 1.807) is 10.6 Å². The van der Waals surface area contributed by atoms with Crippen LogP contribution < -0.4 is 15.9 Å². The lowest BCUT2D eigenvalue weighted by Crippen LogP contribution is -2.18. The van der Waals surface area contributed by atoms with Crippen molar-refractivity contribution in [1.29, 1.82) is 0 Å². The van der Waals surface area contributed by atoms with Crippen LogP contribution in [0, 0.1) is 0 Å². The van der Waals surface area contributed by atoms with Crippen molar-refractivity contribution in [3.8, 4) is 0 Å². The van der Waals surface area contributed by atoms with E-state index in [0.717, 1.165) is 19.0 Å². The van der Waals surface area contributed by atoms with Gasteiger partial charge < -0.3 is 9.88 Å². The summed E-state index contributed by atoms with van der Waals surface area (Å²) < 4.78 is 39.0. The molecular formula is C18H19FN8O3S. The van der Waals surface area contributed by atoms with Crippen LogP contribution in [0.2, 0.25) is 0 Å². The van der Waals surface area contributed by atoms with Crippen LogP contribution >= 0.6 is 0 Å². The predicted octanol–water partition coefficient (Wildman–Crippen LogP) is 1.54. The predicted molar refractivity (Wildman–Crippen MR) is 111 cm³/mol. The number of aryl methyl sites for hydroxylation is 1. The Morgan fingerprint density at radius 1 is 1.16 bits per heavy atom. The fraction of sp³-hybridized carbons (Fsp3) is 0.278. The summed E-state index contributed by atoms with van der Waals surface area (Å²) in [6, 6.07) is 4.31. The Balaban J connectivity index is 1.67. The number of rotatable bonds is 3. The molecule has 3 aromatic rings. The number of sulfonamides is 1. The Kier molecular flexibility index (Phi) is 5.61. The molecular weight excluding hydrogens is 427 g/mol. The molecule has 0 aromatic carbocycles. The van der Waals surface area contributed by atoms with Gasteiger partial charge in [0.25, 0.3) is 5.97 Å². The maximum atomic E-state index is 14.6. The number of carbonyl (C=O) groups is 1. The number of halogens is 1. The first kappa shape index (κ1) is 20.8. The number of carbonyl (C=O) groups excluding carboxylic acids is 1. The molecule has 1 amide bonds. The van der Waals surface area contributed by atoms with E-state index in [2.05, 4.69) is 30.8 Å². The number of hydrogen-bond donors (Lipinski definition) is 3. The van der Waals surface area contributed by atoms with Crippen LogP contribution in [0.4, 0.5) is 16.2 Å². The second kappa shape index (κ2) is 8.35. The average Bonchev–Trinajstić information content (AvgIpc) is 3.08. The van der Waals surface area contributed by atoms with Crippen LogP contribution in [0.5, 0.6) is 0 Å². The Morgan fingerprint density at radius 3 is 2.74 bits per heavy atom. The van der Waals surface area contributed by atoms with Crippen molar-refractivity contribution in [3.63, 3.8) is 0 Å². The van der Waals surface area contributed by atoms with E-state index in [1.807, 2.05) is 0 Å². The fourth-order valence-electron chi connectivity index (χ4n) is 3.19. The third-order valence-electron chi connectivity index (χ3n) is 4.72. The number of hydrazone groups is 1. The minimum atomic E-state index is -3.85. The first-order valence-electron chi connectivity index (χ1n) is 9.46. The number of amides is 1. The summed E-state index contributed by atoms with van der Waals surface area (Å²) in [5.74, 6) is -0.634. The summed E-state index contributed by atoms with van der Waals surface area (Å²) in [6.07, 6.45) is 5.16. The van der Waals surface area contributed by atoms with Crippen LogP contribution in [-0.4, -0.2) is 39.8 Å². The number of primary sulfonamides is 1.